The summed E-state index contributed by atoms with van der Waals surface area (Å²) < 4.78 is 4.90. The van der Waals surface area contributed by atoms with Gasteiger partial charge in [0, 0.05) is 23.6 Å². The predicted molar refractivity (Wildman–Crippen MR) is 111 cm³/mol. The Morgan fingerprint density at radius 1 is 0.682 bits per heavy atom. The lowest BCUT2D eigenvalue weighted by Gasteiger charge is -2.08. The molecule has 1 heterocycles. The quantitative estimate of drug-likeness (QED) is 0.266. The van der Waals surface area contributed by atoms with E-state index in [0.717, 1.165) is 0 Å². The van der Waals surface area contributed by atoms with Crippen LogP contribution in [0.2, 0.25) is 0 Å². The zero-order chi connectivity index (χ0) is 15.3. The van der Waals surface area contributed by atoms with E-state index in [1.54, 1.807) is 0 Å². The van der Waals surface area contributed by atoms with Gasteiger partial charge in [0.25, 0.3) is 0 Å². The summed E-state index contributed by atoms with van der Waals surface area (Å²) in [6.45, 7) is 2.13. The highest BCUT2D eigenvalue weighted by Gasteiger charge is 2.12. The molecule has 1 nitrogen and oxygen atoms in total. The molecule has 1 aromatic heterocycles. The average molecular weight is 509 g/mol. The molecule has 4 rings (SSSR count). The number of hydrogen-bond donors (Lipinski definition) is 0. The molecule has 0 amide bonds. The van der Waals surface area contributed by atoms with E-state index in [1.807, 2.05) is 0 Å². The molecule has 0 radical (unpaired) electrons. The molecule has 0 aliphatic heterocycles. The van der Waals surface area contributed by atoms with Gasteiger partial charge in [0.2, 0.25) is 0 Å². The molecule has 0 fully saturated rings. The maximum absolute atomic E-state index is 2.39. The maximum Gasteiger partial charge on any atom is 0.0541 e. The molecule has 3 heteroatoms. The van der Waals surface area contributed by atoms with Crippen LogP contribution in [0.25, 0.3) is 27.5 Å². The van der Waals surface area contributed by atoms with Crippen LogP contribution in [-0.2, 0) is 0 Å². The summed E-state index contributed by atoms with van der Waals surface area (Å²) in [6.07, 6.45) is 0. The number of hydrogen-bond acceptors (Lipinski definition) is 0. The van der Waals surface area contributed by atoms with Gasteiger partial charge in [-0.05, 0) is 101 Å². The minimum absolute atomic E-state index is 1.22. The largest absolute Gasteiger partial charge is 0.309 e. The van der Waals surface area contributed by atoms with E-state index in [0.29, 0.717) is 0 Å². The van der Waals surface area contributed by atoms with E-state index in [9.17, 15) is 0 Å². The fourth-order valence-corrected chi connectivity index (χ4v) is 3.92. The van der Waals surface area contributed by atoms with E-state index < -0.39 is 0 Å². The number of nitrogens with zero attached hydrogens (tertiary/aromatic N) is 1. The summed E-state index contributed by atoms with van der Waals surface area (Å²) >= 11 is 4.77. The molecule has 0 aliphatic rings. The van der Waals surface area contributed by atoms with Crippen molar-refractivity contribution in [2.45, 2.75) is 6.92 Å². The van der Waals surface area contributed by atoms with Crippen LogP contribution in [0.3, 0.4) is 0 Å². The second-order valence-corrected chi connectivity index (χ2v) is 7.99. The van der Waals surface area contributed by atoms with Crippen molar-refractivity contribution in [2.75, 3.05) is 0 Å². The summed E-state index contributed by atoms with van der Waals surface area (Å²) in [5.41, 5.74) is 5.03. The lowest BCUT2D eigenvalue weighted by molar-refractivity contribution is 1.17. The molecule has 0 N–H and O–H groups in total. The van der Waals surface area contributed by atoms with Crippen molar-refractivity contribution in [3.05, 3.63) is 73.4 Å². The third-order valence-electron chi connectivity index (χ3n) is 3.98. The van der Waals surface area contributed by atoms with Crippen LogP contribution in [0.4, 0.5) is 0 Å². The Hall–Kier alpha value is -1.08. The standard InChI is InChI=1S/C19H13I2N/c1-12-2-6-15(7-3-12)22-18-8-4-13(20)10-16(18)17-11-14(21)5-9-19(17)22/h2-11H,1H3. The Morgan fingerprint density at radius 3 is 1.68 bits per heavy atom. The van der Waals surface area contributed by atoms with E-state index in [2.05, 4.69) is 117 Å². The molecule has 3 aromatic carbocycles. The van der Waals surface area contributed by atoms with Crippen molar-refractivity contribution in [3.8, 4) is 5.69 Å². The van der Waals surface area contributed by atoms with Crippen molar-refractivity contribution >= 4 is 67.0 Å². The van der Waals surface area contributed by atoms with E-state index in [4.69, 9.17) is 0 Å². The van der Waals surface area contributed by atoms with Crippen LogP contribution < -0.4 is 0 Å². The molecule has 0 spiro atoms. The van der Waals surface area contributed by atoms with Crippen molar-refractivity contribution in [1.82, 2.24) is 4.57 Å². The first-order valence-corrected chi connectivity index (χ1v) is 9.25. The second kappa shape index (κ2) is 5.53. The lowest BCUT2D eigenvalue weighted by atomic mass is 10.2. The Bertz CT molecular complexity index is 938. The smallest absolute Gasteiger partial charge is 0.0541 e. The van der Waals surface area contributed by atoms with Gasteiger partial charge in [-0.2, -0.15) is 0 Å². The molecule has 0 aliphatic carbocycles. The highest BCUT2D eigenvalue weighted by Crippen LogP contribution is 2.33. The Kier molecular flexibility index (Phi) is 3.64. The summed E-state index contributed by atoms with van der Waals surface area (Å²) in [5, 5.41) is 2.64. The van der Waals surface area contributed by atoms with Gasteiger partial charge in [0.15, 0.2) is 0 Å². The number of aromatic nitrogens is 1. The number of halogens is 2. The lowest BCUT2D eigenvalue weighted by Crippen LogP contribution is -1.93. The minimum atomic E-state index is 1.22. The summed E-state index contributed by atoms with van der Waals surface area (Å²) in [7, 11) is 0. The molecule has 0 atom stereocenters. The fraction of sp³-hybridized carbons (Fsp3) is 0.0526. The number of benzene rings is 3. The molecule has 0 unspecified atom stereocenters. The summed E-state index contributed by atoms with van der Waals surface area (Å²) in [5.74, 6) is 0. The number of rotatable bonds is 1. The minimum Gasteiger partial charge on any atom is -0.309 e. The van der Waals surface area contributed by atoms with Crippen molar-refractivity contribution < 1.29 is 0 Å². The van der Waals surface area contributed by atoms with E-state index in [1.165, 1.54) is 40.2 Å². The van der Waals surface area contributed by atoms with Crippen LogP contribution >= 0.6 is 45.2 Å². The van der Waals surface area contributed by atoms with Crippen molar-refractivity contribution in [2.24, 2.45) is 0 Å². The third-order valence-corrected chi connectivity index (χ3v) is 5.32. The topological polar surface area (TPSA) is 4.93 Å². The molecule has 0 saturated heterocycles. The van der Waals surface area contributed by atoms with Gasteiger partial charge in [-0.15, -0.1) is 0 Å². The molecule has 22 heavy (non-hydrogen) atoms. The molecule has 0 saturated carbocycles. The van der Waals surface area contributed by atoms with Gasteiger partial charge >= 0.3 is 0 Å². The van der Waals surface area contributed by atoms with Gasteiger partial charge in [0.05, 0.1) is 11.0 Å². The summed E-state index contributed by atoms with van der Waals surface area (Å²) in [6, 6.07) is 22.1. The molecule has 0 bridgehead atoms. The SMILES string of the molecule is Cc1ccc(-n2c3ccc(I)cc3c3cc(I)ccc32)cc1. The van der Waals surface area contributed by atoms with Crippen LogP contribution in [0, 0.1) is 14.1 Å². The first-order chi connectivity index (χ1) is 10.6. The number of fused-ring (bicyclic) bond motifs is 3. The van der Waals surface area contributed by atoms with Crippen LogP contribution in [0.5, 0.6) is 0 Å². The Labute approximate surface area is 156 Å². The van der Waals surface area contributed by atoms with Crippen LogP contribution in [0.15, 0.2) is 60.7 Å². The van der Waals surface area contributed by atoms with Gasteiger partial charge in [0.1, 0.15) is 0 Å². The molecule has 108 valence electrons. The van der Waals surface area contributed by atoms with Crippen LogP contribution in [-0.4, -0.2) is 4.57 Å². The zero-order valence-electron chi connectivity index (χ0n) is 12.0. The predicted octanol–water partition coefficient (Wildman–Crippen LogP) is 6.30. The molecule has 4 aromatic rings. The van der Waals surface area contributed by atoms with Crippen molar-refractivity contribution in [1.29, 1.82) is 0 Å². The highest BCUT2D eigenvalue weighted by atomic mass is 127. The van der Waals surface area contributed by atoms with E-state index >= 15 is 0 Å². The van der Waals surface area contributed by atoms with Gasteiger partial charge in [-0.25, -0.2) is 0 Å². The Balaban J connectivity index is 2.17. The first kappa shape index (κ1) is 14.5. The van der Waals surface area contributed by atoms with Crippen molar-refractivity contribution in [3.63, 3.8) is 0 Å². The average Bonchev–Trinajstić information content (AvgIpc) is 2.81. The van der Waals surface area contributed by atoms with E-state index in [-0.39, 0.29) is 0 Å². The second-order valence-electron chi connectivity index (χ2n) is 5.49. The maximum atomic E-state index is 2.39. The monoisotopic (exact) mass is 509 g/mol. The van der Waals surface area contributed by atoms with Gasteiger partial charge in [-0.1, -0.05) is 17.7 Å². The van der Waals surface area contributed by atoms with Crippen LogP contribution in [0.1, 0.15) is 5.56 Å². The summed E-state index contributed by atoms with van der Waals surface area (Å²) in [4.78, 5) is 0. The first-order valence-electron chi connectivity index (χ1n) is 7.10. The van der Waals surface area contributed by atoms with Gasteiger partial charge < -0.3 is 4.57 Å². The zero-order valence-corrected chi connectivity index (χ0v) is 16.3. The fourth-order valence-electron chi connectivity index (χ4n) is 2.94. The molecular formula is C19H13I2N. The highest BCUT2D eigenvalue weighted by molar-refractivity contribution is 14.1. The normalized spacial score (nSPS) is 11.4. The van der Waals surface area contributed by atoms with Gasteiger partial charge in [-0.3, -0.25) is 0 Å². The number of aryl methyl sites for hydroxylation is 1. The molecular weight excluding hydrogens is 496 g/mol. The Morgan fingerprint density at radius 2 is 1.18 bits per heavy atom. The third kappa shape index (κ3) is 2.34.